The molecule has 0 unspecified atom stereocenters. The summed E-state index contributed by atoms with van der Waals surface area (Å²) in [5.41, 5.74) is 7.00. The zero-order valence-electron chi connectivity index (χ0n) is 10.9. The molecular weight excluding hydrogens is 278 g/mol. The summed E-state index contributed by atoms with van der Waals surface area (Å²) in [7, 11) is 0. The van der Waals surface area contributed by atoms with E-state index in [2.05, 4.69) is 15.0 Å². The molecule has 0 saturated heterocycles. The third-order valence-electron chi connectivity index (χ3n) is 2.77. The zero-order chi connectivity index (χ0) is 14.9. The largest absolute Gasteiger partial charge is 0.381 e. The first-order valence-corrected chi connectivity index (χ1v) is 6.28. The fraction of sp³-hybridized carbons (Fsp3) is 0.231. The lowest BCUT2D eigenvalue weighted by atomic mass is 10.0. The highest BCUT2D eigenvalue weighted by Gasteiger charge is 2.17. The number of nitriles is 1. The van der Waals surface area contributed by atoms with Crippen molar-refractivity contribution in [2.75, 3.05) is 5.73 Å². The molecule has 0 aliphatic heterocycles. The third-order valence-corrected chi connectivity index (χ3v) is 3.03. The standard InChI is InChI=1S/C13H12ClN5O/c1-6(2)10-7(3-4-9(20)18-10)11-12(14)19-13(16)8(5-15)17-11/h3-4,6H,1-2H3,(H2,16,19)(H,18,20). The van der Waals surface area contributed by atoms with E-state index in [9.17, 15) is 4.79 Å². The van der Waals surface area contributed by atoms with Crippen LogP contribution in [0.1, 0.15) is 31.2 Å². The number of nitrogens with one attached hydrogen (secondary N) is 1. The van der Waals surface area contributed by atoms with E-state index < -0.39 is 0 Å². The van der Waals surface area contributed by atoms with Crippen LogP contribution in [0, 0.1) is 11.3 Å². The van der Waals surface area contributed by atoms with Crippen LogP contribution in [0.4, 0.5) is 5.82 Å². The van der Waals surface area contributed by atoms with Crippen molar-refractivity contribution in [1.82, 2.24) is 15.0 Å². The minimum atomic E-state index is -0.211. The molecule has 2 aromatic heterocycles. The van der Waals surface area contributed by atoms with E-state index in [-0.39, 0.29) is 28.1 Å². The van der Waals surface area contributed by atoms with Gasteiger partial charge in [-0.1, -0.05) is 25.4 Å². The maximum absolute atomic E-state index is 11.4. The molecule has 0 aromatic carbocycles. The summed E-state index contributed by atoms with van der Waals surface area (Å²) in [6, 6.07) is 4.85. The van der Waals surface area contributed by atoms with E-state index in [1.807, 2.05) is 19.9 Å². The molecule has 0 saturated carbocycles. The molecule has 2 aromatic rings. The topological polar surface area (TPSA) is 108 Å². The molecule has 0 spiro atoms. The van der Waals surface area contributed by atoms with Crippen LogP contribution in [0.2, 0.25) is 5.15 Å². The third kappa shape index (κ3) is 2.49. The van der Waals surface area contributed by atoms with Crippen LogP contribution in [-0.2, 0) is 0 Å². The molecule has 7 heteroatoms. The number of nitrogens with zero attached hydrogens (tertiary/aromatic N) is 3. The van der Waals surface area contributed by atoms with E-state index in [0.29, 0.717) is 17.0 Å². The summed E-state index contributed by atoms with van der Waals surface area (Å²) >= 11 is 6.05. The number of anilines is 1. The fourth-order valence-electron chi connectivity index (χ4n) is 1.83. The molecule has 0 amide bonds. The number of hydrogen-bond acceptors (Lipinski definition) is 5. The van der Waals surface area contributed by atoms with Crippen molar-refractivity contribution < 1.29 is 0 Å². The van der Waals surface area contributed by atoms with E-state index in [0.717, 1.165) is 0 Å². The van der Waals surface area contributed by atoms with Crippen molar-refractivity contribution in [3.05, 3.63) is 39.0 Å². The Morgan fingerprint density at radius 1 is 1.40 bits per heavy atom. The van der Waals surface area contributed by atoms with Gasteiger partial charge in [0.15, 0.2) is 16.7 Å². The van der Waals surface area contributed by atoms with Gasteiger partial charge < -0.3 is 10.7 Å². The van der Waals surface area contributed by atoms with Crippen LogP contribution >= 0.6 is 11.6 Å². The summed E-state index contributed by atoms with van der Waals surface area (Å²) in [6.07, 6.45) is 0. The van der Waals surface area contributed by atoms with Gasteiger partial charge in [-0.3, -0.25) is 4.79 Å². The molecule has 6 nitrogen and oxygen atoms in total. The molecule has 0 radical (unpaired) electrons. The van der Waals surface area contributed by atoms with E-state index in [1.54, 1.807) is 6.07 Å². The van der Waals surface area contributed by atoms with Gasteiger partial charge in [-0.15, -0.1) is 0 Å². The van der Waals surface area contributed by atoms with Gasteiger partial charge in [-0.05, 0) is 12.0 Å². The molecule has 102 valence electrons. The first-order chi connectivity index (χ1) is 9.43. The minimum absolute atomic E-state index is 0.00491. The van der Waals surface area contributed by atoms with Gasteiger partial charge in [0.05, 0.1) is 0 Å². The Balaban J connectivity index is 2.75. The summed E-state index contributed by atoms with van der Waals surface area (Å²) < 4.78 is 0. The molecule has 0 atom stereocenters. The van der Waals surface area contributed by atoms with Crippen molar-refractivity contribution in [2.45, 2.75) is 19.8 Å². The number of aromatic nitrogens is 3. The highest BCUT2D eigenvalue weighted by molar-refractivity contribution is 6.32. The second-order valence-corrected chi connectivity index (χ2v) is 4.87. The van der Waals surface area contributed by atoms with E-state index >= 15 is 0 Å². The maximum atomic E-state index is 11.4. The number of nitrogen functional groups attached to an aromatic ring is 1. The Morgan fingerprint density at radius 3 is 2.70 bits per heavy atom. The first-order valence-electron chi connectivity index (χ1n) is 5.90. The van der Waals surface area contributed by atoms with Gasteiger partial charge in [-0.25, -0.2) is 9.97 Å². The molecule has 20 heavy (non-hydrogen) atoms. The fourth-order valence-corrected chi connectivity index (χ4v) is 2.07. The average molecular weight is 290 g/mol. The van der Waals surface area contributed by atoms with Crippen LogP contribution in [0.25, 0.3) is 11.3 Å². The summed E-state index contributed by atoms with van der Waals surface area (Å²) in [6.45, 7) is 3.86. The molecule has 0 aliphatic carbocycles. The number of halogens is 1. The van der Waals surface area contributed by atoms with Gasteiger partial charge in [-0.2, -0.15) is 5.26 Å². The monoisotopic (exact) mass is 289 g/mol. The van der Waals surface area contributed by atoms with Gasteiger partial charge in [0.1, 0.15) is 11.8 Å². The number of pyridine rings is 1. The predicted molar refractivity (Wildman–Crippen MR) is 76.3 cm³/mol. The summed E-state index contributed by atoms with van der Waals surface area (Å²) in [4.78, 5) is 22.2. The van der Waals surface area contributed by atoms with Crippen LogP contribution in [0.15, 0.2) is 16.9 Å². The van der Waals surface area contributed by atoms with Gasteiger partial charge in [0.25, 0.3) is 0 Å². The molecular formula is C13H12ClN5O. The lowest BCUT2D eigenvalue weighted by Gasteiger charge is -2.12. The van der Waals surface area contributed by atoms with Crippen molar-refractivity contribution >= 4 is 17.4 Å². The molecule has 0 fully saturated rings. The Hall–Kier alpha value is -2.39. The normalized spacial score (nSPS) is 10.6. The van der Waals surface area contributed by atoms with Crippen molar-refractivity contribution in [2.24, 2.45) is 0 Å². The second-order valence-electron chi connectivity index (χ2n) is 4.51. The van der Waals surface area contributed by atoms with Crippen LogP contribution in [0.5, 0.6) is 0 Å². The molecule has 3 N–H and O–H groups in total. The Morgan fingerprint density at radius 2 is 2.10 bits per heavy atom. The van der Waals surface area contributed by atoms with Crippen molar-refractivity contribution in [1.29, 1.82) is 5.26 Å². The average Bonchev–Trinajstić information content (AvgIpc) is 2.39. The Labute approximate surface area is 120 Å². The smallest absolute Gasteiger partial charge is 0.248 e. The number of H-pyrrole nitrogens is 1. The highest BCUT2D eigenvalue weighted by Crippen LogP contribution is 2.30. The van der Waals surface area contributed by atoms with Crippen LogP contribution in [-0.4, -0.2) is 15.0 Å². The maximum Gasteiger partial charge on any atom is 0.248 e. The predicted octanol–water partition coefficient (Wildman–Crippen LogP) is 2.06. The number of hydrogen-bond donors (Lipinski definition) is 2. The molecule has 0 aliphatic rings. The number of nitrogens with two attached hydrogens (primary N) is 1. The molecule has 0 bridgehead atoms. The minimum Gasteiger partial charge on any atom is -0.381 e. The van der Waals surface area contributed by atoms with Gasteiger partial charge in [0.2, 0.25) is 5.56 Å². The van der Waals surface area contributed by atoms with Gasteiger partial charge in [0, 0.05) is 17.3 Å². The van der Waals surface area contributed by atoms with Crippen LogP contribution in [0.3, 0.4) is 0 Å². The SMILES string of the molecule is CC(C)c1[nH]c(=O)ccc1-c1nc(C#N)c(N)nc1Cl. The molecule has 2 rings (SSSR count). The van der Waals surface area contributed by atoms with Crippen LogP contribution < -0.4 is 11.3 Å². The Kier molecular flexibility index (Phi) is 3.72. The lowest BCUT2D eigenvalue weighted by molar-refractivity contribution is 0.817. The number of aromatic amines is 1. The highest BCUT2D eigenvalue weighted by atomic mass is 35.5. The number of rotatable bonds is 2. The van der Waals surface area contributed by atoms with Crippen molar-refractivity contribution in [3.63, 3.8) is 0 Å². The summed E-state index contributed by atoms with van der Waals surface area (Å²) in [5.74, 6) is 0.0385. The van der Waals surface area contributed by atoms with E-state index in [1.165, 1.54) is 6.07 Å². The summed E-state index contributed by atoms with van der Waals surface area (Å²) in [5, 5.41) is 9.06. The molecule has 2 heterocycles. The van der Waals surface area contributed by atoms with Gasteiger partial charge >= 0.3 is 0 Å². The van der Waals surface area contributed by atoms with E-state index in [4.69, 9.17) is 22.6 Å². The quantitative estimate of drug-likeness (QED) is 0.879. The zero-order valence-corrected chi connectivity index (χ0v) is 11.7. The second kappa shape index (κ2) is 5.31. The first kappa shape index (κ1) is 14.0. The Bertz CT molecular complexity index is 760. The van der Waals surface area contributed by atoms with Crippen molar-refractivity contribution in [3.8, 4) is 17.3 Å². The lowest BCUT2D eigenvalue weighted by Crippen LogP contribution is -2.11.